The lowest BCUT2D eigenvalue weighted by molar-refractivity contribution is -0.204. The summed E-state index contributed by atoms with van der Waals surface area (Å²) in [5.41, 5.74) is 0.892. The highest BCUT2D eigenvalue weighted by molar-refractivity contribution is 7.91. The van der Waals surface area contributed by atoms with Gasteiger partial charge in [0, 0.05) is 35.7 Å². The second-order valence-corrected chi connectivity index (χ2v) is 10.6. The Bertz CT molecular complexity index is 1300. The lowest BCUT2D eigenvalue weighted by Crippen LogP contribution is -2.19. The first-order valence-electron chi connectivity index (χ1n) is 11.4. The summed E-state index contributed by atoms with van der Waals surface area (Å²) in [6.45, 7) is 4.33. The molecule has 0 spiro atoms. The molecule has 4 nitrogen and oxygen atoms in total. The minimum atomic E-state index is -4.71. The van der Waals surface area contributed by atoms with E-state index in [1.165, 1.54) is 12.1 Å². The van der Waals surface area contributed by atoms with Gasteiger partial charge in [-0.1, -0.05) is 74.1 Å². The first kappa shape index (κ1) is 27.1. The van der Waals surface area contributed by atoms with Crippen LogP contribution in [0.2, 0.25) is 0 Å². The van der Waals surface area contributed by atoms with Crippen LogP contribution in [-0.4, -0.2) is 31.4 Å². The largest absolute Gasteiger partial charge is 0.488 e. The van der Waals surface area contributed by atoms with Crippen molar-refractivity contribution >= 4 is 22.1 Å². The molecule has 0 N–H and O–H groups in total. The number of nitrogens with zero attached hydrogens (tertiary/aromatic N) is 1. The lowest BCUT2D eigenvalue weighted by Gasteiger charge is -2.19. The molecule has 0 aliphatic rings. The highest BCUT2D eigenvalue weighted by Crippen LogP contribution is 2.36. The van der Waals surface area contributed by atoms with Gasteiger partial charge in [0.15, 0.2) is 9.84 Å². The molecule has 1 heterocycles. The maximum Gasteiger partial charge on any atom is 0.488 e. The van der Waals surface area contributed by atoms with Crippen molar-refractivity contribution < 1.29 is 26.3 Å². The fraction of sp³-hybridized carbons (Fsp3) is 0.346. The van der Waals surface area contributed by atoms with Crippen molar-refractivity contribution in [1.29, 1.82) is 0 Å². The lowest BCUT2D eigenvalue weighted by atomic mass is 10.0. The van der Waals surface area contributed by atoms with Gasteiger partial charge >= 0.3 is 6.30 Å². The van der Waals surface area contributed by atoms with E-state index in [1.54, 1.807) is 42.5 Å². The summed E-state index contributed by atoms with van der Waals surface area (Å²) in [6.07, 6.45) is -1.23. The first-order chi connectivity index (χ1) is 16.6. The molecule has 1 unspecified atom stereocenters. The Morgan fingerprint density at radius 1 is 0.914 bits per heavy atom. The van der Waals surface area contributed by atoms with Crippen LogP contribution in [-0.2, 0) is 20.9 Å². The van der Waals surface area contributed by atoms with Crippen molar-refractivity contribution in [2.24, 2.45) is 0 Å². The third kappa shape index (κ3) is 6.59. The molecule has 0 saturated heterocycles. The number of hydrogen-bond donors (Lipinski definition) is 0. The molecule has 2 aromatic carbocycles. The molecule has 1 atom stereocenters. The number of sulfone groups is 1. The zero-order valence-corrected chi connectivity index (χ0v) is 21.2. The monoisotopic (exact) mass is 523 g/mol. The zero-order chi connectivity index (χ0) is 25.6. The molecule has 0 aliphatic carbocycles. The molecule has 0 bridgehead atoms. The highest BCUT2D eigenvalue weighted by atomic mass is 32.2. The Morgan fingerprint density at radius 3 is 2.17 bits per heavy atom. The molecule has 35 heavy (non-hydrogen) atoms. The summed E-state index contributed by atoms with van der Waals surface area (Å²) in [5.74, 6) is -0.181. The fourth-order valence-electron chi connectivity index (χ4n) is 3.96. The van der Waals surface area contributed by atoms with E-state index < -0.39 is 16.1 Å². The quantitative estimate of drug-likeness (QED) is 0.260. The summed E-state index contributed by atoms with van der Waals surface area (Å²) < 4.78 is 74.1. The van der Waals surface area contributed by atoms with Gasteiger partial charge in [0.25, 0.3) is 0 Å². The molecule has 0 fully saturated rings. The fourth-order valence-corrected chi connectivity index (χ4v) is 5.89. The zero-order valence-electron chi connectivity index (χ0n) is 19.6. The summed E-state index contributed by atoms with van der Waals surface area (Å²) in [5, 5.41) is 0. The van der Waals surface area contributed by atoms with E-state index in [4.69, 9.17) is 17.0 Å². The second kappa shape index (κ2) is 11.5. The van der Waals surface area contributed by atoms with Crippen LogP contribution in [0.5, 0.6) is 0 Å². The Balaban J connectivity index is 2.14. The van der Waals surface area contributed by atoms with Gasteiger partial charge in [0.1, 0.15) is 0 Å². The number of ether oxygens (including phenoxy) is 1. The molecule has 0 radical (unpaired) electrons. The Labute approximate surface area is 209 Å². The Kier molecular flexibility index (Phi) is 8.90. The molecular formula is C26H28F3NO3S2. The summed E-state index contributed by atoms with van der Waals surface area (Å²) in [7, 11) is -3.83. The highest BCUT2D eigenvalue weighted by Gasteiger charge is 2.31. The Hall–Kier alpha value is -2.49. The smallest absolute Gasteiger partial charge is 0.378 e. The number of pyridine rings is 1. The average molecular weight is 524 g/mol. The molecule has 3 aromatic rings. The molecular weight excluding hydrogens is 495 g/mol. The number of alkyl halides is 3. The van der Waals surface area contributed by atoms with Gasteiger partial charge < -0.3 is 4.74 Å². The van der Waals surface area contributed by atoms with Gasteiger partial charge in [-0.3, -0.25) is 4.57 Å². The number of benzene rings is 2. The van der Waals surface area contributed by atoms with Crippen molar-refractivity contribution in [1.82, 2.24) is 4.57 Å². The van der Waals surface area contributed by atoms with Crippen molar-refractivity contribution in [3.05, 3.63) is 71.5 Å². The summed E-state index contributed by atoms with van der Waals surface area (Å²) in [4.78, 5) is -0.0446. The SMILES string of the molecule is CCCC(CCS(=O)(=O)c1ccccc1-c1cn(C(F)(F)F)cc(-c2ccccc2)c1=S)OCC. The van der Waals surface area contributed by atoms with E-state index in [9.17, 15) is 21.6 Å². The summed E-state index contributed by atoms with van der Waals surface area (Å²) in [6, 6.07) is 14.6. The second-order valence-electron chi connectivity index (χ2n) is 8.13. The minimum absolute atomic E-state index is 0.0350. The van der Waals surface area contributed by atoms with Gasteiger partial charge in [-0.25, -0.2) is 8.42 Å². The summed E-state index contributed by atoms with van der Waals surface area (Å²) >= 11 is 5.60. The van der Waals surface area contributed by atoms with Gasteiger partial charge in [0.2, 0.25) is 0 Å². The third-order valence-corrected chi connectivity index (χ3v) is 7.88. The van der Waals surface area contributed by atoms with E-state index in [1.807, 2.05) is 13.8 Å². The van der Waals surface area contributed by atoms with Crippen molar-refractivity contribution in [3.8, 4) is 22.3 Å². The van der Waals surface area contributed by atoms with E-state index in [0.29, 0.717) is 18.6 Å². The van der Waals surface area contributed by atoms with Gasteiger partial charge in [-0.2, -0.15) is 0 Å². The predicted octanol–water partition coefficient (Wildman–Crippen LogP) is 7.40. The first-order valence-corrected chi connectivity index (χ1v) is 13.5. The van der Waals surface area contributed by atoms with Crippen molar-refractivity contribution in [2.45, 2.75) is 50.4 Å². The van der Waals surface area contributed by atoms with E-state index >= 15 is 0 Å². The molecule has 1 aromatic heterocycles. The normalized spacial score (nSPS) is 13.1. The van der Waals surface area contributed by atoms with Crippen molar-refractivity contribution in [2.75, 3.05) is 12.4 Å². The molecule has 188 valence electrons. The number of aromatic nitrogens is 1. The third-order valence-electron chi connectivity index (χ3n) is 5.64. The van der Waals surface area contributed by atoms with Crippen molar-refractivity contribution in [3.63, 3.8) is 0 Å². The van der Waals surface area contributed by atoms with Gasteiger partial charge in [-0.05, 0) is 31.4 Å². The number of halogens is 3. The molecule has 0 amide bonds. The minimum Gasteiger partial charge on any atom is -0.378 e. The standard InChI is InChI=1S/C26H28F3NO3S2/c1-3-10-20(33-4-2)15-16-35(31,32)24-14-9-8-13-21(24)23-18-30(26(27,28)29)17-22(25(23)34)19-11-6-5-7-12-19/h5-9,11-14,17-18,20H,3-4,10,15-16H2,1-2H3. The van der Waals surface area contributed by atoms with Gasteiger partial charge in [-0.15, -0.1) is 13.2 Å². The van der Waals surface area contributed by atoms with Crippen LogP contribution in [0.15, 0.2) is 71.9 Å². The average Bonchev–Trinajstić information content (AvgIpc) is 2.83. The topological polar surface area (TPSA) is 48.3 Å². The van der Waals surface area contributed by atoms with E-state index in [2.05, 4.69) is 0 Å². The Morgan fingerprint density at radius 2 is 1.54 bits per heavy atom. The number of rotatable bonds is 10. The molecule has 0 saturated carbocycles. The van der Waals surface area contributed by atoms with Crippen LogP contribution in [0.1, 0.15) is 33.1 Å². The van der Waals surface area contributed by atoms with Crippen LogP contribution in [0.25, 0.3) is 22.3 Å². The molecule has 0 aliphatic heterocycles. The molecule has 9 heteroatoms. The van der Waals surface area contributed by atoms with Crippen LogP contribution >= 0.6 is 12.2 Å². The number of hydrogen-bond acceptors (Lipinski definition) is 4. The van der Waals surface area contributed by atoms with Gasteiger partial charge in [0.05, 0.1) is 21.3 Å². The maximum atomic E-state index is 13.8. The van der Waals surface area contributed by atoms with E-state index in [-0.39, 0.29) is 42.5 Å². The van der Waals surface area contributed by atoms with Crippen LogP contribution in [0.3, 0.4) is 0 Å². The van der Waals surface area contributed by atoms with E-state index in [0.717, 1.165) is 25.2 Å². The maximum absolute atomic E-state index is 13.8. The van der Waals surface area contributed by atoms with Crippen LogP contribution < -0.4 is 0 Å². The predicted molar refractivity (Wildman–Crippen MR) is 134 cm³/mol. The van der Waals surface area contributed by atoms with Crippen LogP contribution in [0.4, 0.5) is 13.2 Å². The van der Waals surface area contributed by atoms with Crippen LogP contribution in [0, 0.1) is 4.51 Å². The molecule has 3 rings (SSSR count).